The maximum absolute atomic E-state index is 13.6. The average Bonchev–Trinajstić information content (AvgIpc) is 2.33. The number of alkyl halides is 5. The zero-order valence-electron chi connectivity index (χ0n) is 10.4. The van der Waals surface area contributed by atoms with Crippen molar-refractivity contribution in [2.75, 3.05) is 6.61 Å². The first-order chi connectivity index (χ1) is 9.58. The van der Waals surface area contributed by atoms with Gasteiger partial charge in [-0.1, -0.05) is 0 Å². The van der Waals surface area contributed by atoms with Gasteiger partial charge in [0.1, 0.15) is 17.6 Å². The second-order valence-corrected chi connectivity index (χ2v) is 4.15. The Hall–Kier alpha value is -1.84. The SMILES string of the molecule is Cl.O=C1N[C@@H](c2cc(OC(F)(F)F)ccc2F)C(F)(F)CO1. The third-order valence-electron chi connectivity index (χ3n) is 2.59. The van der Waals surface area contributed by atoms with Gasteiger partial charge in [0.05, 0.1) is 0 Å². The Labute approximate surface area is 125 Å². The molecule has 1 amide bonds. The number of nitrogens with one attached hydrogen (secondary N) is 1. The number of benzene rings is 1. The molecule has 11 heteroatoms. The van der Waals surface area contributed by atoms with E-state index >= 15 is 0 Å². The first kappa shape index (κ1) is 18.2. The zero-order valence-corrected chi connectivity index (χ0v) is 11.2. The monoisotopic (exact) mass is 351 g/mol. The standard InChI is InChI=1S/C11H7F6NO3.ClH/c12-7-2-1-5(21-11(15,16)17)3-6(7)8-10(13,14)4-20-9(19)18-8;/h1-3,8H,4H2,(H,18,19);1H/t8-;/m0./s1. The Morgan fingerprint density at radius 2 is 1.95 bits per heavy atom. The first-order valence-electron chi connectivity index (χ1n) is 5.45. The van der Waals surface area contributed by atoms with Crippen LogP contribution >= 0.6 is 12.4 Å². The number of cyclic esters (lactones) is 1. The van der Waals surface area contributed by atoms with Gasteiger partial charge in [-0.25, -0.2) is 18.0 Å². The molecule has 1 atom stereocenters. The van der Waals surface area contributed by atoms with Crippen molar-refractivity contribution < 1.29 is 40.6 Å². The van der Waals surface area contributed by atoms with E-state index in [0.717, 1.165) is 0 Å². The largest absolute Gasteiger partial charge is 0.573 e. The summed E-state index contributed by atoms with van der Waals surface area (Å²) in [6, 6.07) is -0.539. The van der Waals surface area contributed by atoms with E-state index in [1.807, 2.05) is 0 Å². The van der Waals surface area contributed by atoms with Crippen LogP contribution < -0.4 is 10.1 Å². The number of ether oxygens (including phenoxy) is 2. The minimum Gasteiger partial charge on any atom is -0.443 e. The molecule has 1 heterocycles. The quantitative estimate of drug-likeness (QED) is 0.829. The summed E-state index contributed by atoms with van der Waals surface area (Å²) in [5.74, 6) is -5.78. The van der Waals surface area contributed by atoms with Crippen molar-refractivity contribution in [3.05, 3.63) is 29.6 Å². The lowest BCUT2D eigenvalue weighted by Gasteiger charge is -2.32. The Morgan fingerprint density at radius 1 is 1.32 bits per heavy atom. The highest BCUT2D eigenvalue weighted by molar-refractivity contribution is 5.85. The molecule has 0 saturated carbocycles. The summed E-state index contributed by atoms with van der Waals surface area (Å²) in [5.41, 5.74) is -0.835. The molecule has 1 N–H and O–H groups in total. The molecule has 0 radical (unpaired) electrons. The predicted molar refractivity (Wildman–Crippen MR) is 62.5 cm³/mol. The molecular formula is C11H8ClF6NO3. The fourth-order valence-corrected chi connectivity index (χ4v) is 1.76. The fraction of sp³-hybridized carbons (Fsp3) is 0.364. The van der Waals surface area contributed by atoms with Crippen LogP contribution in [-0.2, 0) is 4.74 Å². The maximum atomic E-state index is 13.6. The molecule has 0 aliphatic carbocycles. The number of hydrogen-bond acceptors (Lipinski definition) is 3. The summed E-state index contributed by atoms with van der Waals surface area (Å²) >= 11 is 0. The van der Waals surface area contributed by atoms with Crippen LogP contribution in [0.5, 0.6) is 5.75 Å². The van der Waals surface area contributed by atoms with Gasteiger partial charge >= 0.3 is 18.4 Å². The van der Waals surface area contributed by atoms with Gasteiger partial charge in [0.15, 0.2) is 6.61 Å². The third-order valence-corrected chi connectivity index (χ3v) is 2.59. The van der Waals surface area contributed by atoms with Crippen LogP contribution in [0, 0.1) is 5.82 Å². The van der Waals surface area contributed by atoms with Crippen LogP contribution in [0.1, 0.15) is 11.6 Å². The van der Waals surface area contributed by atoms with Crippen LogP contribution in [0.25, 0.3) is 0 Å². The highest BCUT2D eigenvalue weighted by Gasteiger charge is 2.48. The molecule has 22 heavy (non-hydrogen) atoms. The Balaban J connectivity index is 0.00000242. The Kier molecular flexibility index (Phi) is 5.06. The summed E-state index contributed by atoms with van der Waals surface area (Å²) < 4.78 is 84.6. The summed E-state index contributed by atoms with van der Waals surface area (Å²) in [5, 5.41) is 1.67. The van der Waals surface area contributed by atoms with Crippen molar-refractivity contribution in [2.24, 2.45) is 0 Å². The number of amides is 1. The van der Waals surface area contributed by atoms with Crippen molar-refractivity contribution in [1.29, 1.82) is 0 Å². The molecule has 1 aromatic carbocycles. The highest BCUT2D eigenvalue weighted by atomic mass is 35.5. The molecule has 1 saturated heterocycles. The van der Waals surface area contributed by atoms with Crippen LogP contribution in [0.2, 0.25) is 0 Å². The van der Waals surface area contributed by atoms with Gasteiger partial charge < -0.3 is 14.8 Å². The molecule has 0 unspecified atom stereocenters. The van der Waals surface area contributed by atoms with Crippen LogP contribution in [0.15, 0.2) is 18.2 Å². The zero-order chi connectivity index (χ0) is 15.8. The highest BCUT2D eigenvalue weighted by Crippen LogP contribution is 2.37. The molecule has 124 valence electrons. The fourth-order valence-electron chi connectivity index (χ4n) is 1.76. The number of carbonyl (C=O) groups excluding carboxylic acids is 1. The Bertz CT molecular complexity index is 565. The topological polar surface area (TPSA) is 47.6 Å². The van der Waals surface area contributed by atoms with E-state index in [1.165, 1.54) is 0 Å². The van der Waals surface area contributed by atoms with E-state index in [1.54, 1.807) is 5.32 Å². The summed E-state index contributed by atoms with van der Waals surface area (Å²) in [6.45, 7) is -1.31. The molecule has 1 aromatic rings. The molecule has 0 bridgehead atoms. The minimum absolute atomic E-state index is 0. The summed E-state index contributed by atoms with van der Waals surface area (Å²) in [6.07, 6.45) is -6.29. The van der Waals surface area contributed by atoms with E-state index in [9.17, 15) is 31.1 Å². The molecular weight excluding hydrogens is 344 g/mol. The van der Waals surface area contributed by atoms with Crippen molar-refractivity contribution in [3.63, 3.8) is 0 Å². The van der Waals surface area contributed by atoms with Crippen molar-refractivity contribution in [3.8, 4) is 5.75 Å². The lowest BCUT2D eigenvalue weighted by molar-refractivity contribution is -0.274. The van der Waals surface area contributed by atoms with E-state index in [0.29, 0.717) is 18.2 Å². The number of rotatable bonds is 2. The van der Waals surface area contributed by atoms with Gasteiger partial charge in [-0.3, -0.25) is 0 Å². The van der Waals surface area contributed by atoms with Gasteiger partial charge in [-0.15, -0.1) is 25.6 Å². The van der Waals surface area contributed by atoms with E-state index < -0.39 is 48.2 Å². The number of hydrogen-bond donors (Lipinski definition) is 1. The predicted octanol–water partition coefficient (Wildman–Crippen LogP) is 3.56. The summed E-state index contributed by atoms with van der Waals surface area (Å²) in [4.78, 5) is 11.0. The first-order valence-corrected chi connectivity index (χ1v) is 5.45. The van der Waals surface area contributed by atoms with Gasteiger partial charge in [0.2, 0.25) is 0 Å². The molecule has 1 aliphatic heterocycles. The van der Waals surface area contributed by atoms with Crippen LogP contribution in [-0.4, -0.2) is 25.0 Å². The summed E-state index contributed by atoms with van der Waals surface area (Å²) in [7, 11) is 0. The Morgan fingerprint density at radius 3 is 2.55 bits per heavy atom. The van der Waals surface area contributed by atoms with Gasteiger partial charge in [0.25, 0.3) is 0 Å². The van der Waals surface area contributed by atoms with Crippen LogP contribution in [0.3, 0.4) is 0 Å². The number of alkyl carbamates (subject to hydrolysis) is 1. The smallest absolute Gasteiger partial charge is 0.443 e. The maximum Gasteiger partial charge on any atom is 0.573 e. The number of halogens is 7. The van der Waals surface area contributed by atoms with Gasteiger partial charge in [-0.2, -0.15) is 0 Å². The van der Waals surface area contributed by atoms with Crippen molar-refractivity contribution in [2.45, 2.75) is 18.3 Å². The van der Waals surface area contributed by atoms with Crippen LogP contribution in [0.4, 0.5) is 31.1 Å². The van der Waals surface area contributed by atoms with Gasteiger partial charge in [-0.05, 0) is 18.2 Å². The van der Waals surface area contributed by atoms with E-state index in [-0.39, 0.29) is 12.4 Å². The molecule has 4 nitrogen and oxygen atoms in total. The molecule has 0 spiro atoms. The van der Waals surface area contributed by atoms with Gasteiger partial charge in [0, 0.05) is 5.56 Å². The van der Waals surface area contributed by atoms with E-state index in [4.69, 9.17) is 0 Å². The molecule has 0 aromatic heterocycles. The normalized spacial score (nSPS) is 20.5. The lowest BCUT2D eigenvalue weighted by Crippen LogP contribution is -2.49. The van der Waals surface area contributed by atoms with E-state index in [2.05, 4.69) is 9.47 Å². The van der Waals surface area contributed by atoms with Crippen molar-refractivity contribution >= 4 is 18.5 Å². The second kappa shape index (κ2) is 6.11. The third kappa shape index (κ3) is 4.09. The minimum atomic E-state index is -5.06. The number of carbonyl (C=O) groups is 1. The second-order valence-electron chi connectivity index (χ2n) is 4.15. The molecule has 1 aliphatic rings. The molecule has 2 rings (SSSR count). The average molecular weight is 352 g/mol. The van der Waals surface area contributed by atoms with Crippen molar-refractivity contribution in [1.82, 2.24) is 5.32 Å². The lowest BCUT2D eigenvalue weighted by atomic mass is 9.99. The molecule has 1 fully saturated rings.